The van der Waals surface area contributed by atoms with Gasteiger partial charge in [0, 0.05) is 6.07 Å². The third-order valence-corrected chi connectivity index (χ3v) is 1.57. The Hall–Kier alpha value is -2.51. The van der Waals surface area contributed by atoms with Gasteiger partial charge in [-0.25, -0.2) is 9.82 Å². The van der Waals surface area contributed by atoms with E-state index in [4.69, 9.17) is 11.1 Å². The van der Waals surface area contributed by atoms with E-state index in [1.807, 2.05) is 0 Å². The molecule has 0 aromatic heterocycles. The van der Waals surface area contributed by atoms with Gasteiger partial charge in [0.2, 0.25) is 5.96 Å². The molecule has 0 aliphatic heterocycles. The largest absolute Gasteiger partial charge is 0.369 e. The molecule has 0 aliphatic carbocycles. The van der Waals surface area contributed by atoms with E-state index in [0.29, 0.717) is 0 Å². The van der Waals surface area contributed by atoms with Crippen molar-refractivity contribution >= 4 is 17.9 Å². The summed E-state index contributed by atoms with van der Waals surface area (Å²) in [6.07, 6.45) is 1.02. The SMILES string of the molecule is N=C(N)N/N=C/c1cc(F)ccc1[N+](=O)[O-]. The molecule has 0 amide bonds. The van der Waals surface area contributed by atoms with E-state index in [-0.39, 0.29) is 11.3 Å². The van der Waals surface area contributed by atoms with Crippen molar-refractivity contribution in [3.05, 3.63) is 39.7 Å². The normalized spacial score (nSPS) is 10.3. The van der Waals surface area contributed by atoms with E-state index in [2.05, 4.69) is 10.5 Å². The summed E-state index contributed by atoms with van der Waals surface area (Å²) in [4.78, 5) is 9.91. The van der Waals surface area contributed by atoms with Crippen LogP contribution in [0, 0.1) is 21.3 Å². The average Bonchev–Trinajstić information content (AvgIpc) is 2.16. The molecule has 1 rings (SSSR count). The fourth-order valence-electron chi connectivity index (χ4n) is 0.966. The molecule has 0 radical (unpaired) electrons. The topological polar surface area (TPSA) is 117 Å². The number of nitrogens with one attached hydrogen (secondary N) is 2. The summed E-state index contributed by atoms with van der Waals surface area (Å²) in [5.41, 5.74) is 6.70. The van der Waals surface area contributed by atoms with Crippen LogP contribution in [-0.2, 0) is 0 Å². The van der Waals surface area contributed by atoms with Gasteiger partial charge in [0.05, 0.1) is 16.7 Å². The summed E-state index contributed by atoms with van der Waals surface area (Å²) in [7, 11) is 0. The highest BCUT2D eigenvalue weighted by Gasteiger charge is 2.12. The van der Waals surface area contributed by atoms with Gasteiger partial charge in [0.25, 0.3) is 5.69 Å². The zero-order valence-electron chi connectivity index (χ0n) is 7.98. The number of nitro benzene ring substituents is 1. The minimum Gasteiger partial charge on any atom is -0.369 e. The van der Waals surface area contributed by atoms with Crippen LogP contribution < -0.4 is 11.2 Å². The van der Waals surface area contributed by atoms with Gasteiger partial charge in [-0.2, -0.15) is 5.10 Å². The second-order valence-electron chi connectivity index (χ2n) is 2.74. The van der Waals surface area contributed by atoms with Crippen molar-refractivity contribution < 1.29 is 9.31 Å². The molecule has 0 atom stereocenters. The van der Waals surface area contributed by atoms with Crippen LogP contribution in [0.25, 0.3) is 0 Å². The summed E-state index contributed by atoms with van der Waals surface area (Å²) in [6, 6.07) is 2.97. The second kappa shape index (κ2) is 4.82. The summed E-state index contributed by atoms with van der Waals surface area (Å²) in [5.74, 6) is -1.04. The van der Waals surface area contributed by atoms with Crippen LogP contribution in [0.4, 0.5) is 10.1 Å². The fraction of sp³-hybridized carbons (Fsp3) is 0. The molecule has 1 aromatic carbocycles. The number of guanidine groups is 1. The zero-order chi connectivity index (χ0) is 12.1. The zero-order valence-corrected chi connectivity index (χ0v) is 7.98. The molecule has 0 unspecified atom stereocenters. The molecule has 16 heavy (non-hydrogen) atoms. The lowest BCUT2D eigenvalue weighted by molar-refractivity contribution is -0.385. The maximum atomic E-state index is 12.8. The van der Waals surface area contributed by atoms with Gasteiger partial charge in [0.15, 0.2) is 0 Å². The number of hydrazone groups is 1. The van der Waals surface area contributed by atoms with Crippen LogP contribution in [-0.4, -0.2) is 17.1 Å². The smallest absolute Gasteiger partial charge is 0.278 e. The van der Waals surface area contributed by atoms with Gasteiger partial charge in [-0.15, -0.1) is 0 Å². The first kappa shape index (κ1) is 11.6. The Morgan fingerprint density at radius 2 is 2.38 bits per heavy atom. The van der Waals surface area contributed by atoms with Gasteiger partial charge in [-0.05, 0) is 12.1 Å². The van der Waals surface area contributed by atoms with Gasteiger partial charge < -0.3 is 5.73 Å². The molecular weight excluding hydrogens is 217 g/mol. The number of halogens is 1. The van der Waals surface area contributed by atoms with Crippen molar-refractivity contribution in [3.8, 4) is 0 Å². The van der Waals surface area contributed by atoms with Crippen molar-refractivity contribution in [1.82, 2.24) is 5.43 Å². The van der Waals surface area contributed by atoms with Crippen LogP contribution in [0.1, 0.15) is 5.56 Å². The first-order valence-electron chi connectivity index (χ1n) is 4.07. The van der Waals surface area contributed by atoms with Gasteiger partial charge >= 0.3 is 0 Å². The minimum atomic E-state index is -0.658. The molecule has 0 bridgehead atoms. The lowest BCUT2D eigenvalue weighted by atomic mass is 10.2. The molecule has 0 saturated heterocycles. The summed E-state index contributed by atoms with van der Waals surface area (Å²) >= 11 is 0. The first-order chi connectivity index (χ1) is 7.50. The highest BCUT2D eigenvalue weighted by molar-refractivity contribution is 5.86. The van der Waals surface area contributed by atoms with Gasteiger partial charge in [-0.3, -0.25) is 15.5 Å². The Bertz CT molecular complexity index is 460. The highest BCUT2D eigenvalue weighted by Crippen LogP contribution is 2.17. The number of rotatable bonds is 3. The van der Waals surface area contributed by atoms with E-state index >= 15 is 0 Å². The number of nitrogens with two attached hydrogens (primary N) is 1. The third kappa shape index (κ3) is 3.01. The number of hydrogen-bond acceptors (Lipinski definition) is 4. The third-order valence-electron chi connectivity index (χ3n) is 1.57. The lowest BCUT2D eigenvalue weighted by Crippen LogP contribution is -2.25. The molecule has 1 aromatic rings. The number of hydrogen-bond donors (Lipinski definition) is 3. The monoisotopic (exact) mass is 225 g/mol. The van der Waals surface area contributed by atoms with E-state index in [0.717, 1.165) is 24.4 Å². The first-order valence-corrected chi connectivity index (χ1v) is 4.07. The molecule has 4 N–H and O–H groups in total. The number of nitrogens with zero attached hydrogens (tertiary/aromatic N) is 2. The van der Waals surface area contributed by atoms with Crippen LogP contribution in [0.2, 0.25) is 0 Å². The minimum absolute atomic E-state index is 0.0150. The molecular formula is C8H8FN5O2. The second-order valence-corrected chi connectivity index (χ2v) is 2.74. The molecule has 0 saturated carbocycles. The Morgan fingerprint density at radius 3 is 2.94 bits per heavy atom. The van der Waals surface area contributed by atoms with Crippen LogP contribution in [0.15, 0.2) is 23.3 Å². The molecule has 7 nitrogen and oxygen atoms in total. The van der Waals surface area contributed by atoms with Crippen molar-refractivity contribution in [1.29, 1.82) is 5.41 Å². The summed E-state index contributed by atoms with van der Waals surface area (Å²) < 4.78 is 12.8. The standard InChI is InChI=1S/C8H8FN5O2/c9-6-1-2-7(14(15)16)5(3-6)4-12-13-8(10)11/h1-4H,(H4,10,11,13)/b12-4+. The predicted octanol–water partition coefficient (Wildman–Crippen LogP) is 0.551. The molecule has 0 aliphatic rings. The van der Waals surface area contributed by atoms with E-state index in [1.165, 1.54) is 0 Å². The quantitative estimate of drug-likeness (QED) is 0.301. The fourth-order valence-corrected chi connectivity index (χ4v) is 0.966. The average molecular weight is 225 g/mol. The number of benzene rings is 1. The van der Waals surface area contributed by atoms with Crippen LogP contribution in [0.3, 0.4) is 0 Å². The number of nitro groups is 1. The predicted molar refractivity (Wildman–Crippen MR) is 55.7 cm³/mol. The van der Waals surface area contributed by atoms with Gasteiger partial charge in [-0.1, -0.05) is 0 Å². The van der Waals surface area contributed by atoms with Crippen molar-refractivity contribution in [3.63, 3.8) is 0 Å². The van der Waals surface area contributed by atoms with Crippen LogP contribution >= 0.6 is 0 Å². The van der Waals surface area contributed by atoms with E-state index < -0.39 is 16.7 Å². The van der Waals surface area contributed by atoms with E-state index in [1.54, 1.807) is 0 Å². The lowest BCUT2D eigenvalue weighted by Gasteiger charge is -1.97. The Labute approximate surface area is 89.4 Å². The van der Waals surface area contributed by atoms with Gasteiger partial charge in [0.1, 0.15) is 5.82 Å². The molecule has 84 valence electrons. The Morgan fingerprint density at radius 1 is 1.69 bits per heavy atom. The maximum absolute atomic E-state index is 12.8. The Kier molecular flexibility index (Phi) is 3.49. The van der Waals surface area contributed by atoms with E-state index in [9.17, 15) is 14.5 Å². The molecule has 0 spiro atoms. The Balaban J connectivity index is 3.01. The molecule has 0 fully saturated rings. The van der Waals surface area contributed by atoms with Crippen LogP contribution in [0.5, 0.6) is 0 Å². The summed E-state index contributed by atoms with van der Waals surface area (Å²) in [6.45, 7) is 0. The maximum Gasteiger partial charge on any atom is 0.278 e. The molecule has 0 heterocycles. The van der Waals surface area contributed by atoms with Crippen molar-refractivity contribution in [2.75, 3.05) is 0 Å². The van der Waals surface area contributed by atoms with Crippen molar-refractivity contribution in [2.45, 2.75) is 0 Å². The highest BCUT2D eigenvalue weighted by atomic mass is 19.1. The van der Waals surface area contributed by atoms with Crippen molar-refractivity contribution in [2.24, 2.45) is 10.8 Å². The summed E-state index contributed by atoms with van der Waals surface area (Å²) in [5, 5.41) is 20.8. The molecule has 8 heteroatoms.